The Morgan fingerprint density at radius 1 is 1.50 bits per heavy atom. The highest BCUT2D eigenvalue weighted by atomic mass is 16.3. The van der Waals surface area contributed by atoms with E-state index in [-0.39, 0.29) is 12.6 Å². The van der Waals surface area contributed by atoms with Crippen LogP contribution >= 0.6 is 0 Å². The van der Waals surface area contributed by atoms with Crippen LogP contribution in [0.2, 0.25) is 0 Å². The van der Waals surface area contributed by atoms with E-state index in [0.717, 1.165) is 5.69 Å². The zero-order valence-electron chi connectivity index (χ0n) is 8.06. The number of aliphatic hydroxyl groups is 1. The van der Waals surface area contributed by atoms with Crippen LogP contribution in [0.5, 0.6) is 0 Å². The van der Waals surface area contributed by atoms with Crippen LogP contribution in [0.1, 0.15) is 24.6 Å². The maximum absolute atomic E-state index is 8.77. The zero-order chi connectivity index (χ0) is 9.80. The molecule has 0 spiro atoms. The van der Waals surface area contributed by atoms with Gasteiger partial charge >= 0.3 is 0 Å². The minimum atomic E-state index is 0.170. The molecule has 0 aromatic carbocycles. The van der Waals surface area contributed by atoms with E-state index in [1.54, 1.807) is 18.6 Å². The van der Waals surface area contributed by atoms with Gasteiger partial charge in [-0.25, -0.2) is 0 Å². The predicted octanol–water partition coefficient (Wildman–Crippen LogP) is 0.510. The minimum absolute atomic E-state index is 0.170. The molecule has 2 N–H and O–H groups in total. The molecular formula is C10H15N3O. The van der Waals surface area contributed by atoms with Crippen molar-refractivity contribution in [1.29, 1.82) is 0 Å². The van der Waals surface area contributed by atoms with E-state index in [0.29, 0.717) is 12.5 Å². The van der Waals surface area contributed by atoms with Crippen LogP contribution in [0, 0.1) is 5.92 Å². The standard InChI is InChI=1S/C10H15N3O/c14-6-5-13-10(8-1-2-8)9-7-11-3-4-12-9/h3-4,7-8,10,13-14H,1-2,5-6H2. The first-order chi connectivity index (χ1) is 6.92. The summed E-state index contributed by atoms with van der Waals surface area (Å²) in [5.41, 5.74) is 0.989. The quantitative estimate of drug-likeness (QED) is 0.715. The Kier molecular flexibility index (Phi) is 3.06. The van der Waals surface area contributed by atoms with E-state index in [2.05, 4.69) is 15.3 Å². The summed E-state index contributed by atoms with van der Waals surface area (Å²) in [5.74, 6) is 0.679. The summed E-state index contributed by atoms with van der Waals surface area (Å²) in [6.45, 7) is 0.793. The average Bonchev–Trinajstić information content (AvgIpc) is 3.04. The van der Waals surface area contributed by atoms with Crippen LogP contribution in [0.15, 0.2) is 18.6 Å². The van der Waals surface area contributed by atoms with Gasteiger partial charge in [-0.15, -0.1) is 0 Å². The molecule has 0 saturated heterocycles. The largest absolute Gasteiger partial charge is 0.395 e. The van der Waals surface area contributed by atoms with Gasteiger partial charge in [-0.3, -0.25) is 9.97 Å². The predicted molar refractivity (Wildman–Crippen MR) is 52.6 cm³/mol. The van der Waals surface area contributed by atoms with Crippen LogP contribution in [0.25, 0.3) is 0 Å². The van der Waals surface area contributed by atoms with Crippen molar-refractivity contribution in [2.75, 3.05) is 13.2 Å². The lowest BCUT2D eigenvalue weighted by molar-refractivity contribution is 0.280. The molecule has 1 aromatic rings. The molecule has 0 radical (unpaired) electrons. The maximum Gasteiger partial charge on any atom is 0.0758 e. The van der Waals surface area contributed by atoms with Crippen molar-refractivity contribution in [1.82, 2.24) is 15.3 Å². The number of rotatable bonds is 5. The van der Waals surface area contributed by atoms with E-state index < -0.39 is 0 Å². The number of hydrogen-bond donors (Lipinski definition) is 2. The highest BCUT2D eigenvalue weighted by Gasteiger charge is 2.32. The normalized spacial score (nSPS) is 18.1. The van der Waals surface area contributed by atoms with Gasteiger partial charge in [0.1, 0.15) is 0 Å². The third kappa shape index (κ3) is 2.27. The topological polar surface area (TPSA) is 58.0 Å². The second kappa shape index (κ2) is 4.48. The van der Waals surface area contributed by atoms with Crippen molar-refractivity contribution in [3.8, 4) is 0 Å². The first-order valence-electron chi connectivity index (χ1n) is 5.02. The van der Waals surface area contributed by atoms with Crippen molar-refractivity contribution in [2.45, 2.75) is 18.9 Å². The number of nitrogens with one attached hydrogen (secondary N) is 1. The van der Waals surface area contributed by atoms with Gasteiger partial charge in [-0.1, -0.05) is 0 Å². The molecule has 14 heavy (non-hydrogen) atoms. The van der Waals surface area contributed by atoms with Gasteiger partial charge < -0.3 is 10.4 Å². The van der Waals surface area contributed by atoms with Gasteiger partial charge in [-0.2, -0.15) is 0 Å². The molecule has 2 rings (SSSR count). The summed E-state index contributed by atoms with van der Waals surface area (Å²) in [5, 5.41) is 12.1. The van der Waals surface area contributed by atoms with Gasteiger partial charge in [0, 0.05) is 25.1 Å². The van der Waals surface area contributed by atoms with Crippen LogP contribution in [-0.4, -0.2) is 28.2 Å². The molecular weight excluding hydrogens is 178 g/mol. The van der Waals surface area contributed by atoms with Crippen LogP contribution < -0.4 is 5.32 Å². The fraction of sp³-hybridized carbons (Fsp3) is 0.600. The SMILES string of the molecule is OCCNC(c1cnccn1)C1CC1. The molecule has 4 nitrogen and oxygen atoms in total. The average molecular weight is 193 g/mol. The molecule has 1 aliphatic rings. The lowest BCUT2D eigenvalue weighted by Gasteiger charge is -2.16. The fourth-order valence-corrected chi connectivity index (χ4v) is 1.63. The monoisotopic (exact) mass is 193 g/mol. The fourth-order valence-electron chi connectivity index (χ4n) is 1.63. The van der Waals surface area contributed by atoms with Gasteiger partial charge in [0.15, 0.2) is 0 Å². The number of aliphatic hydroxyl groups excluding tert-OH is 1. The van der Waals surface area contributed by atoms with Gasteiger partial charge in [0.05, 0.1) is 18.3 Å². The molecule has 0 aliphatic heterocycles. The minimum Gasteiger partial charge on any atom is -0.395 e. The molecule has 1 heterocycles. The Bertz CT molecular complexity index is 274. The number of aromatic nitrogens is 2. The van der Waals surface area contributed by atoms with Crippen LogP contribution in [0.4, 0.5) is 0 Å². The van der Waals surface area contributed by atoms with Gasteiger partial charge in [-0.05, 0) is 18.8 Å². The lowest BCUT2D eigenvalue weighted by Crippen LogP contribution is -2.26. The summed E-state index contributed by atoms with van der Waals surface area (Å²) >= 11 is 0. The molecule has 1 saturated carbocycles. The third-order valence-corrected chi connectivity index (χ3v) is 2.47. The molecule has 1 unspecified atom stereocenters. The summed E-state index contributed by atoms with van der Waals surface area (Å²) in [6, 6.07) is 0.274. The Balaban J connectivity index is 2.02. The molecule has 1 aliphatic carbocycles. The highest BCUT2D eigenvalue weighted by molar-refractivity contribution is 5.07. The lowest BCUT2D eigenvalue weighted by atomic mass is 10.1. The molecule has 0 bridgehead atoms. The first-order valence-corrected chi connectivity index (χ1v) is 5.02. The van der Waals surface area contributed by atoms with E-state index in [1.165, 1.54) is 12.8 Å². The van der Waals surface area contributed by atoms with Crippen molar-refractivity contribution >= 4 is 0 Å². The van der Waals surface area contributed by atoms with E-state index in [1.807, 2.05) is 0 Å². The molecule has 0 amide bonds. The van der Waals surface area contributed by atoms with Crippen LogP contribution in [0.3, 0.4) is 0 Å². The zero-order valence-corrected chi connectivity index (χ0v) is 8.06. The number of nitrogens with zero attached hydrogens (tertiary/aromatic N) is 2. The van der Waals surface area contributed by atoms with Gasteiger partial charge in [0.25, 0.3) is 0 Å². The second-order valence-corrected chi connectivity index (χ2v) is 3.62. The van der Waals surface area contributed by atoms with Crippen molar-refractivity contribution in [3.05, 3.63) is 24.3 Å². The maximum atomic E-state index is 8.77. The van der Waals surface area contributed by atoms with Crippen molar-refractivity contribution in [3.63, 3.8) is 0 Å². The highest BCUT2D eigenvalue weighted by Crippen LogP contribution is 2.39. The Morgan fingerprint density at radius 3 is 2.93 bits per heavy atom. The summed E-state index contributed by atoms with van der Waals surface area (Å²) in [6.07, 6.45) is 7.69. The third-order valence-electron chi connectivity index (χ3n) is 2.47. The smallest absolute Gasteiger partial charge is 0.0758 e. The van der Waals surface area contributed by atoms with E-state index in [9.17, 15) is 0 Å². The molecule has 4 heteroatoms. The van der Waals surface area contributed by atoms with E-state index >= 15 is 0 Å². The summed E-state index contributed by atoms with van der Waals surface area (Å²) < 4.78 is 0. The van der Waals surface area contributed by atoms with Gasteiger partial charge in [0.2, 0.25) is 0 Å². The van der Waals surface area contributed by atoms with Crippen LogP contribution in [-0.2, 0) is 0 Å². The second-order valence-electron chi connectivity index (χ2n) is 3.62. The Labute approximate surface area is 83.4 Å². The van der Waals surface area contributed by atoms with Crippen molar-refractivity contribution < 1.29 is 5.11 Å². The summed E-state index contributed by atoms with van der Waals surface area (Å²) in [7, 11) is 0. The Hall–Kier alpha value is -1.00. The molecule has 1 aromatic heterocycles. The molecule has 1 fully saturated rings. The molecule has 76 valence electrons. The molecule has 1 atom stereocenters. The number of hydrogen-bond acceptors (Lipinski definition) is 4. The first kappa shape index (κ1) is 9.55. The Morgan fingerprint density at radius 2 is 2.36 bits per heavy atom. The summed E-state index contributed by atoms with van der Waals surface area (Å²) in [4.78, 5) is 8.35. The van der Waals surface area contributed by atoms with Crippen molar-refractivity contribution in [2.24, 2.45) is 5.92 Å². The van der Waals surface area contributed by atoms with E-state index in [4.69, 9.17) is 5.11 Å².